The molecule has 98 valence electrons. The molecular formula is C12H11Cl4NO. The molecule has 2 rings (SSSR count). The number of nitrogens with zero attached hydrogens (tertiary/aromatic N) is 1. The van der Waals surface area contributed by atoms with Crippen LogP contribution in [0.1, 0.15) is 5.69 Å². The minimum absolute atomic E-state index is 0. The zero-order chi connectivity index (χ0) is 12.5. The van der Waals surface area contributed by atoms with Crippen LogP contribution in [0.25, 0.3) is 10.8 Å². The molecule has 1 N–H and O–H groups in total. The third-order valence-corrected chi connectivity index (χ3v) is 3.28. The second-order valence-electron chi connectivity index (χ2n) is 3.74. The molecule has 2 aromatic rings. The van der Waals surface area contributed by atoms with E-state index < -0.39 is 9.90 Å². The zero-order valence-electron chi connectivity index (χ0n) is 9.19. The minimum atomic E-state index is -1.70. The summed E-state index contributed by atoms with van der Waals surface area (Å²) in [5.41, 5.74) is 0.724. The first-order chi connectivity index (χ1) is 7.98. The maximum atomic E-state index is 9.76. The maximum Gasteiger partial charge on any atom is 0.216 e. The van der Waals surface area contributed by atoms with E-state index in [1.807, 2.05) is 30.3 Å². The summed E-state index contributed by atoms with van der Waals surface area (Å²) in [6.45, 7) is 0. The van der Waals surface area contributed by atoms with Gasteiger partial charge in [-0.1, -0.05) is 59.1 Å². The molecule has 0 fully saturated rings. The summed E-state index contributed by atoms with van der Waals surface area (Å²) >= 11 is 16.9. The van der Waals surface area contributed by atoms with Crippen LogP contribution in [-0.4, -0.2) is 20.0 Å². The third-order valence-electron chi connectivity index (χ3n) is 2.52. The van der Waals surface area contributed by atoms with Crippen molar-refractivity contribution < 1.29 is 5.11 Å². The van der Waals surface area contributed by atoms with Crippen molar-refractivity contribution in [1.29, 1.82) is 0 Å². The van der Waals surface area contributed by atoms with E-state index in [9.17, 15) is 5.11 Å². The molecule has 1 unspecified atom stereocenters. The van der Waals surface area contributed by atoms with E-state index in [0.717, 1.165) is 16.5 Å². The number of hydrogen-bond donors (Lipinski definition) is 1. The molecule has 0 aliphatic rings. The summed E-state index contributed by atoms with van der Waals surface area (Å²) in [5, 5.41) is 11.8. The van der Waals surface area contributed by atoms with Crippen molar-refractivity contribution >= 4 is 58.0 Å². The van der Waals surface area contributed by atoms with Crippen LogP contribution in [0.15, 0.2) is 36.5 Å². The van der Waals surface area contributed by atoms with E-state index in [4.69, 9.17) is 34.8 Å². The van der Waals surface area contributed by atoms with Gasteiger partial charge in [-0.25, -0.2) is 0 Å². The van der Waals surface area contributed by atoms with Gasteiger partial charge in [-0.15, -0.1) is 12.4 Å². The molecule has 1 aromatic carbocycles. The van der Waals surface area contributed by atoms with Gasteiger partial charge in [0.05, 0.1) is 5.69 Å². The largest absolute Gasteiger partial charge is 0.388 e. The molecule has 0 saturated heterocycles. The van der Waals surface area contributed by atoms with Gasteiger partial charge in [0.1, 0.15) is 6.10 Å². The van der Waals surface area contributed by atoms with Gasteiger partial charge in [0, 0.05) is 18.0 Å². The number of rotatable bonds is 2. The molecule has 1 heterocycles. The standard InChI is InChI=1S/C12H10Cl3NO.ClH/c13-12(14,15)11(17)7-10-9-4-2-1-3-8(9)5-6-16-10;/h1-6,11,17H,7H2;1H. The Morgan fingerprint density at radius 2 is 1.83 bits per heavy atom. The fraction of sp³-hybridized carbons (Fsp3) is 0.250. The van der Waals surface area contributed by atoms with Crippen molar-refractivity contribution in [3.63, 3.8) is 0 Å². The van der Waals surface area contributed by atoms with Crippen LogP contribution in [0.3, 0.4) is 0 Å². The highest BCUT2D eigenvalue weighted by atomic mass is 35.6. The first-order valence-corrected chi connectivity index (χ1v) is 6.19. The molecule has 1 aromatic heterocycles. The fourth-order valence-electron chi connectivity index (χ4n) is 1.64. The Morgan fingerprint density at radius 3 is 2.50 bits per heavy atom. The van der Waals surface area contributed by atoms with Crippen molar-refractivity contribution in [3.05, 3.63) is 42.2 Å². The van der Waals surface area contributed by atoms with Gasteiger partial charge >= 0.3 is 0 Å². The van der Waals surface area contributed by atoms with Crippen LogP contribution in [0, 0.1) is 0 Å². The Hall–Kier alpha value is -0.250. The van der Waals surface area contributed by atoms with E-state index in [0.29, 0.717) is 0 Å². The normalized spacial score (nSPS) is 13.1. The van der Waals surface area contributed by atoms with Crippen molar-refractivity contribution in [2.45, 2.75) is 16.3 Å². The predicted molar refractivity (Wildman–Crippen MR) is 79.0 cm³/mol. The highest BCUT2D eigenvalue weighted by molar-refractivity contribution is 6.68. The molecule has 2 nitrogen and oxygen atoms in total. The smallest absolute Gasteiger partial charge is 0.216 e. The quantitative estimate of drug-likeness (QED) is 0.848. The Labute approximate surface area is 126 Å². The average molecular weight is 327 g/mol. The first kappa shape index (κ1) is 15.8. The molecule has 0 bridgehead atoms. The Balaban J connectivity index is 0.00000162. The molecular weight excluding hydrogens is 316 g/mol. The number of halogens is 4. The second kappa shape index (κ2) is 6.27. The Kier molecular flexibility index (Phi) is 5.50. The van der Waals surface area contributed by atoms with E-state index in [2.05, 4.69) is 4.98 Å². The molecule has 0 spiro atoms. The number of aliphatic hydroxyl groups excluding tert-OH is 1. The Bertz CT molecular complexity index is 521. The van der Waals surface area contributed by atoms with E-state index in [1.54, 1.807) is 6.20 Å². The summed E-state index contributed by atoms with van der Waals surface area (Å²) in [4.78, 5) is 4.22. The van der Waals surface area contributed by atoms with Gasteiger partial charge < -0.3 is 5.11 Å². The van der Waals surface area contributed by atoms with Gasteiger partial charge in [-0.3, -0.25) is 4.98 Å². The molecule has 18 heavy (non-hydrogen) atoms. The number of hydrogen-bond acceptors (Lipinski definition) is 2. The van der Waals surface area contributed by atoms with Crippen LogP contribution < -0.4 is 0 Å². The third kappa shape index (κ3) is 3.62. The van der Waals surface area contributed by atoms with Crippen molar-refractivity contribution in [1.82, 2.24) is 4.98 Å². The van der Waals surface area contributed by atoms with Crippen LogP contribution in [0.5, 0.6) is 0 Å². The van der Waals surface area contributed by atoms with Crippen LogP contribution in [0.4, 0.5) is 0 Å². The van der Waals surface area contributed by atoms with Gasteiger partial charge in [-0.05, 0) is 11.5 Å². The van der Waals surface area contributed by atoms with E-state index in [-0.39, 0.29) is 18.8 Å². The number of benzene rings is 1. The lowest BCUT2D eigenvalue weighted by molar-refractivity contribution is 0.178. The topological polar surface area (TPSA) is 33.1 Å². The van der Waals surface area contributed by atoms with E-state index >= 15 is 0 Å². The molecule has 6 heteroatoms. The van der Waals surface area contributed by atoms with E-state index in [1.165, 1.54) is 0 Å². The lowest BCUT2D eigenvalue weighted by Gasteiger charge is -2.18. The number of aromatic nitrogens is 1. The Morgan fingerprint density at radius 1 is 1.17 bits per heavy atom. The summed E-state index contributed by atoms with van der Waals surface area (Å²) < 4.78 is -1.70. The van der Waals surface area contributed by atoms with Crippen molar-refractivity contribution in [2.24, 2.45) is 0 Å². The number of alkyl halides is 3. The highest BCUT2D eigenvalue weighted by Crippen LogP contribution is 2.32. The number of fused-ring (bicyclic) bond motifs is 1. The monoisotopic (exact) mass is 325 g/mol. The number of aliphatic hydroxyl groups is 1. The minimum Gasteiger partial charge on any atom is -0.388 e. The highest BCUT2D eigenvalue weighted by Gasteiger charge is 2.31. The second-order valence-corrected chi connectivity index (χ2v) is 6.11. The maximum absolute atomic E-state index is 9.76. The lowest BCUT2D eigenvalue weighted by atomic mass is 10.1. The molecule has 0 saturated carbocycles. The fourth-order valence-corrected chi connectivity index (χ4v) is 1.88. The van der Waals surface area contributed by atoms with Gasteiger partial charge in [0.15, 0.2) is 0 Å². The summed E-state index contributed by atoms with van der Waals surface area (Å²) in [5.74, 6) is 0. The first-order valence-electron chi connectivity index (χ1n) is 5.06. The van der Waals surface area contributed by atoms with Gasteiger partial charge in [0.25, 0.3) is 0 Å². The summed E-state index contributed by atoms with van der Waals surface area (Å²) in [7, 11) is 0. The lowest BCUT2D eigenvalue weighted by Crippen LogP contribution is -2.27. The van der Waals surface area contributed by atoms with Gasteiger partial charge in [-0.2, -0.15) is 0 Å². The van der Waals surface area contributed by atoms with Crippen molar-refractivity contribution in [3.8, 4) is 0 Å². The molecule has 0 amide bonds. The van der Waals surface area contributed by atoms with Crippen molar-refractivity contribution in [2.75, 3.05) is 0 Å². The summed E-state index contributed by atoms with van der Waals surface area (Å²) in [6.07, 6.45) is 0.812. The summed E-state index contributed by atoms with van der Waals surface area (Å²) in [6, 6.07) is 9.66. The number of pyridine rings is 1. The zero-order valence-corrected chi connectivity index (χ0v) is 12.3. The molecule has 0 aliphatic carbocycles. The SMILES string of the molecule is Cl.OC(Cc1nccc2ccccc12)C(Cl)(Cl)Cl. The van der Waals surface area contributed by atoms with Crippen LogP contribution in [-0.2, 0) is 6.42 Å². The average Bonchev–Trinajstić information content (AvgIpc) is 2.28. The van der Waals surface area contributed by atoms with Crippen LogP contribution in [0.2, 0.25) is 0 Å². The van der Waals surface area contributed by atoms with Crippen LogP contribution >= 0.6 is 47.2 Å². The molecule has 0 radical (unpaired) electrons. The molecule has 1 atom stereocenters. The molecule has 0 aliphatic heterocycles. The predicted octanol–water partition coefficient (Wildman–Crippen LogP) is 3.93. The van der Waals surface area contributed by atoms with Gasteiger partial charge in [0.2, 0.25) is 3.79 Å².